The van der Waals surface area contributed by atoms with Crippen LogP contribution in [0.2, 0.25) is 10.3 Å². The lowest BCUT2D eigenvalue weighted by molar-refractivity contribution is 0.0526. The molecule has 0 aliphatic carbocycles. The first-order valence-corrected chi connectivity index (χ1v) is 5.59. The number of esters is 1. The Labute approximate surface area is 107 Å². The molecular weight excluding hydrogens is 267 g/mol. The van der Waals surface area contributed by atoms with Crippen LogP contribution in [0.1, 0.15) is 23.0 Å². The van der Waals surface area contributed by atoms with Crippen LogP contribution in [0.25, 0.3) is 11.2 Å². The number of ether oxygens (including phenoxy) is 1. The number of rotatable bonds is 2. The maximum absolute atomic E-state index is 11.7. The average Bonchev–Trinajstić information content (AvgIpc) is 2.55. The maximum atomic E-state index is 11.7. The molecular formula is C10H8Cl2N2O3. The summed E-state index contributed by atoms with van der Waals surface area (Å²) in [6, 6.07) is 0. The highest BCUT2D eigenvalue weighted by Crippen LogP contribution is 2.27. The van der Waals surface area contributed by atoms with E-state index in [-0.39, 0.29) is 33.7 Å². The lowest BCUT2D eigenvalue weighted by atomic mass is 10.2. The van der Waals surface area contributed by atoms with Gasteiger partial charge in [0, 0.05) is 0 Å². The summed E-state index contributed by atoms with van der Waals surface area (Å²) in [4.78, 5) is 19.6. The van der Waals surface area contributed by atoms with E-state index >= 15 is 0 Å². The second-order valence-corrected chi connectivity index (χ2v) is 3.93. The molecule has 2 heterocycles. The van der Waals surface area contributed by atoms with Gasteiger partial charge in [0.05, 0.1) is 6.61 Å². The molecule has 0 aliphatic rings. The van der Waals surface area contributed by atoms with Crippen LogP contribution in [-0.4, -0.2) is 22.5 Å². The molecule has 90 valence electrons. The fourth-order valence-electron chi connectivity index (χ4n) is 1.42. The number of nitrogens with zero attached hydrogens (tertiary/aromatic N) is 2. The summed E-state index contributed by atoms with van der Waals surface area (Å²) in [6.07, 6.45) is 0. The molecule has 0 atom stereocenters. The lowest BCUT2D eigenvalue weighted by Gasteiger charge is -1.99. The summed E-state index contributed by atoms with van der Waals surface area (Å²) >= 11 is 11.5. The molecule has 0 amide bonds. The Kier molecular flexibility index (Phi) is 3.22. The number of aryl methyl sites for hydroxylation is 1. The third kappa shape index (κ3) is 2.08. The van der Waals surface area contributed by atoms with Crippen molar-refractivity contribution in [1.82, 2.24) is 9.97 Å². The highest BCUT2D eigenvalue weighted by Gasteiger charge is 2.22. The Bertz CT molecular complexity index is 595. The Balaban J connectivity index is 2.66. The van der Waals surface area contributed by atoms with E-state index in [0.29, 0.717) is 5.76 Å². The molecule has 0 N–H and O–H groups in total. The normalized spacial score (nSPS) is 10.8. The summed E-state index contributed by atoms with van der Waals surface area (Å²) in [5.74, 6) is -0.145. The zero-order valence-electron chi connectivity index (χ0n) is 9.08. The molecule has 0 aliphatic heterocycles. The first kappa shape index (κ1) is 12.1. The second kappa shape index (κ2) is 4.50. The van der Waals surface area contributed by atoms with Crippen molar-refractivity contribution in [1.29, 1.82) is 0 Å². The second-order valence-electron chi connectivity index (χ2n) is 3.21. The van der Waals surface area contributed by atoms with E-state index in [4.69, 9.17) is 32.4 Å². The molecule has 0 unspecified atom stereocenters. The van der Waals surface area contributed by atoms with Crippen molar-refractivity contribution in [2.24, 2.45) is 0 Å². The number of aromatic nitrogens is 2. The molecule has 0 fully saturated rings. The SMILES string of the molecule is CCOC(=O)c1c(C)oc2nc(Cl)c(Cl)nc12. The Morgan fingerprint density at radius 3 is 2.65 bits per heavy atom. The van der Waals surface area contributed by atoms with Crippen molar-refractivity contribution in [3.05, 3.63) is 21.6 Å². The van der Waals surface area contributed by atoms with Crippen molar-refractivity contribution in [3.63, 3.8) is 0 Å². The highest BCUT2D eigenvalue weighted by molar-refractivity contribution is 6.40. The topological polar surface area (TPSA) is 65.2 Å². The molecule has 0 saturated heterocycles. The van der Waals surface area contributed by atoms with Crippen LogP contribution in [0.3, 0.4) is 0 Å². The molecule has 2 rings (SSSR count). The number of carbonyl (C=O) groups is 1. The summed E-state index contributed by atoms with van der Waals surface area (Å²) in [6.45, 7) is 3.60. The van der Waals surface area contributed by atoms with Crippen LogP contribution in [0.5, 0.6) is 0 Å². The summed E-state index contributed by atoms with van der Waals surface area (Å²) in [7, 11) is 0. The quantitative estimate of drug-likeness (QED) is 0.788. The van der Waals surface area contributed by atoms with Crippen molar-refractivity contribution in [2.75, 3.05) is 6.61 Å². The fraction of sp³-hybridized carbons (Fsp3) is 0.300. The fourth-order valence-corrected chi connectivity index (χ4v) is 1.67. The van der Waals surface area contributed by atoms with Gasteiger partial charge in [-0.1, -0.05) is 23.2 Å². The van der Waals surface area contributed by atoms with Crippen LogP contribution in [0, 0.1) is 6.92 Å². The number of furan rings is 1. The van der Waals surface area contributed by atoms with Gasteiger partial charge >= 0.3 is 5.97 Å². The van der Waals surface area contributed by atoms with E-state index in [1.807, 2.05) is 0 Å². The van der Waals surface area contributed by atoms with Gasteiger partial charge in [0.25, 0.3) is 0 Å². The molecule has 7 heteroatoms. The summed E-state index contributed by atoms with van der Waals surface area (Å²) < 4.78 is 10.2. The maximum Gasteiger partial charge on any atom is 0.344 e. The number of hydrogen-bond donors (Lipinski definition) is 0. The monoisotopic (exact) mass is 274 g/mol. The third-order valence-electron chi connectivity index (χ3n) is 2.10. The number of carbonyl (C=O) groups excluding carboxylic acids is 1. The molecule has 17 heavy (non-hydrogen) atoms. The van der Waals surface area contributed by atoms with Gasteiger partial charge in [0.1, 0.15) is 16.8 Å². The minimum absolute atomic E-state index is 0.0190. The highest BCUT2D eigenvalue weighted by atomic mass is 35.5. The van der Waals surface area contributed by atoms with Gasteiger partial charge in [-0.05, 0) is 13.8 Å². The van der Waals surface area contributed by atoms with Gasteiger partial charge in [-0.25, -0.2) is 9.78 Å². The molecule has 2 aromatic heterocycles. The van der Waals surface area contributed by atoms with Crippen LogP contribution >= 0.6 is 23.2 Å². The predicted octanol–water partition coefficient (Wildman–Crippen LogP) is 3.01. The van der Waals surface area contributed by atoms with Gasteiger partial charge in [-0.15, -0.1) is 0 Å². The van der Waals surface area contributed by atoms with Gasteiger partial charge in [-0.2, -0.15) is 4.98 Å². The average molecular weight is 275 g/mol. The van der Waals surface area contributed by atoms with Gasteiger partial charge in [0.15, 0.2) is 10.3 Å². The van der Waals surface area contributed by atoms with Crippen molar-refractivity contribution < 1.29 is 13.9 Å². The Morgan fingerprint density at radius 1 is 1.35 bits per heavy atom. The van der Waals surface area contributed by atoms with E-state index in [9.17, 15) is 4.79 Å². The summed E-state index contributed by atoms with van der Waals surface area (Å²) in [5, 5.41) is 0.0499. The van der Waals surface area contributed by atoms with Crippen LogP contribution in [0.4, 0.5) is 0 Å². The van der Waals surface area contributed by atoms with E-state index in [0.717, 1.165) is 0 Å². The Hall–Kier alpha value is -1.33. The minimum atomic E-state index is -0.517. The minimum Gasteiger partial charge on any atom is -0.462 e. The zero-order chi connectivity index (χ0) is 12.6. The van der Waals surface area contributed by atoms with E-state index in [1.165, 1.54) is 0 Å². The molecule has 0 saturated carbocycles. The molecule has 2 aromatic rings. The lowest BCUT2D eigenvalue weighted by Crippen LogP contribution is -2.05. The molecule has 0 spiro atoms. The zero-order valence-corrected chi connectivity index (χ0v) is 10.6. The van der Waals surface area contributed by atoms with Gasteiger partial charge < -0.3 is 9.15 Å². The molecule has 0 radical (unpaired) electrons. The van der Waals surface area contributed by atoms with E-state index in [2.05, 4.69) is 9.97 Å². The number of fused-ring (bicyclic) bond motifs is 1. The molecule has 0 aromatic carbocycles. The first-order chi connectivity index (χ1) is 8.04. The van der Waals surface area contributed by atoms with E-state index < -0.39 is 5.97 Å². The standard InChI is InChI=1S/C10H8Cl2N2O3/c1-3-16-10(15)5-4(2)17-9-6(5)13-7(11)8(12)14-9/h3H2,1-2H3. The van der Waals surface area contributed by atoms with Gasteiger partial charge in [0.2, 0.25) is 5.71 Å². The molecule has 0 bridgehead atoms. The van der Waals surface area contributed by atoms with Crippen LogP contribution < -0.4 is 0 Å². The number of halogens is 2. The Morgan fingerprint density at radius 2 is 2.00 bits per heavy atom. The largest absolute Gasteiger partial charge is 0.462 e. The molecule has 5 nitrogen and oxygen atoms in total. The van der Waals surface area contributed by atoms with Crippen LogP contribution in [0.15, 0.2) is 4.42 Å². The smallest absolute Gasteiger partial charge is 0.344 e. The van der Waals surface area contributed by atoms with Crippen molar-refractivity contribution in [3.8, 4) is 0 Å². The predicted molar refractivity (Wildman–Crippen MR) is 62.5 cm³/mol. The third-order valence-corrected chi connectivity index (χ3v) is 2.72. The summed E-state index contributed by atoms with van der Waals surface area (Å²) in [5.41, 5.74) is 0.656. The first-order valence-electron chi connectivity index (χ1n) is 4.83. The van der Waals surface area contributed by atoms with Crippen LogP contribution in [-0.2, 0) is 4.74 Å². The van der Waals surface area contributed by atoms with Gasteiger partial charge in [-0.3, -0.25) is 0 Å². The van der Waals surface area contributed by atoms with Crippen molar-refractivity contribution in [2.45, 2.75) is 13.8 Å². The number of hydrogen-bond acceptors (Lipinski definition) is 5. The van der Waals surface area contributed by atoms with Crippen molar-refractivity contribution >= 4 is 40.4 Å². The van der Waals surface area contributed by atoms with E-state index in [1.54, 1.807) is 13.8 Å².